The fraction of sp³-hybridized carbons (Fsp3) is 0.364. The summed E-state index contributed by atoms with van der Waals surface area (Å²) in [5, 5.41) is 2.82. The van der Waals surface area contributed by atoms with Crippen LogP contribution in [0.5, 0.6) is 5.75 Å². The van der Waals surface area contributed by atoms with Crippen LogP contribution in [-0.4, -0.2) is 24.4 Å². The van der Waals surface area contributed by atoms with Crippen molar-refractivity contribution in [3.05, 3.63) is 28.2 Å². The maximum absolute atomic E-state index is 11.8. The number of benzene rings is 1. The Labute approximate surface area is 112 Å². The molecular weight excluding hydrogens is 338 g/mol. The molecule has 0 aliphatic heterocycles. The highest BCUT2D eigenvalue weighted by atomic mass is 79.9. The Bertz CT molecular complexity index is 380. The van der Waals surface area contributed by atoms with Crippen molar-refractivity contribution in [3.63, 3.8) is 0 Å². The molecule has 0 fully saturated rings. The van der Waals surface area contributed by atoms with E-state index in [2.05, 4.69) is 37.2 Å². The minimum absolute atomic E-state index is 0.114. The molecule has 1 rings (SSSR count). The molecule has 0 saturated carbocycles. The quantitative estimate of drug-likeness (QED) is 0.848. The molecule has 88 valence electrons. The van der Waals surface area contributed by atoms with Crippen LogP contribution in [0.4, 0.5) is 0 Å². The Morgan fingerprint density at radius 3 is 2.81 bits per heavy atom. The molecule has 0 spiro atoms. The first-order valence-electron chi connectivity index (χ1n) is 4.80. The third-order valence-corrected chi connectivity index (χ3v) is 2.98. The predicted molar refractivity (Wildman–Crippen MR) is 71.4 cm³/mol. The number of hydrogen-bond acceptors (Lipinski definition) is 2. The molecule has 0 aromatic heterocycles. The topological polar surface area (TPSA) is 38.3 Å². The van der Waals surface area contributed by atoms with E-state index >= 15 is 0 Å². The van der Waals surface area contributed by atoms with Gasteiger partial charge in [0.2, 0.25) is 0 Å². The lowest BCUT2D eigenvalue weighted by molar-refractivity contribution is 0.0953. The molecule has 3 nitrogen and oxygen atoms in total. The molecule has 0 aliphatic carbocycles. The van der Waals surface area contributed by atoms with Crippen LogP contribution in [0.2, 0.25) is 0 Å². The number of ether oxygens (including phenoxy) is 1. The summed E-state index contributed by atoms with van der Waals surface area (Å²) in [6.07, 6.45) is 0. The molecule has 0 radical (unpaired) electrons. The van der Waals surface area contributed by atoms with E-state index in [1.54, 1.807) is 25.3 Å². The standard InChI is InChI=1S/C11H13Br2NO2/c1-7(12)6-14-11(15)9-5-8(16-2)3-4-10(9)13/h3-5,7H,6H2,1-2H3,(H,14,15). The summed E-state index contributed by atoms with van der Waals surface area (Å²) in [7, 11) is 1.57. The van der Waals surface area contributed by atoms with E-state index in [1.165, 1.54) is 0 Å². The first kappa shape index (κ1) is 13.5. The lowest BCUT2D eigenvalue weighted by Crippen LogP contribution is -2.28. The summed E-state index contributed by atoms with van der Waals surface area (Å²) in [5.41, 5.74) is 0.576. The van der Waals surface area contributed by atoms with E-state index in [9.17, 15) is 4.79 Å². The number of carbonyl (C=O) groups is 1. The molecule has 16 heavy (non-hydrogen) atoms. The molecule has 0 bridgehead atoms. The Balaban J connectivity index is 2.81. The summed E-state index contributed by atoms with van der Waals surface area (Å²) < 4.78 is 5.83. The molecule has 1 aromatic carbocycles. The second-order valence-electron chi connectivity index (χ2n) is 3.34. The molecule has 0 saturated heterocycles. The van der Waals surface area contributed by atoms with Crippen molar-refractivity contribution in [1.82, 2.24) is 5.32 Å². The molecule has 0 aliphatic rings. The van der Waals surface area contributed by atoms with E-state index in [4.69, 9.17) is 4.74 Å². The van der Waals surface area contributed by atoms with Gasteiger partial charge in [-0.25, -0.2) is 0 Å². The normalized spacial score (nSPS) is 12.0. The van der Waals surface area contributed by atoms with Crippen LogP contribution < -0.4 is 10.1 Å². The van der Waals surface area contributed by atoms with Crippen LogP contribution in [0.25, 0.3) is 0 Å². The number of carbonyl (C=O) groups excluding carboxylic acids is 1. The van der Waals surface area contributed by atoms with E-state index < -0.39 is 0 Å². The van der Waals surface area contributed by atoms with Gasteiger partial charge in [-0.3, -0.25) is 4.79 Å². The Morgan fingerprint density at radius 1 is 1.56 bits per heavy atom. The molecule has 1 aromatic rings. The van der Waals surface area contributed by atoms with Crippen LogP contribution >= 0.6 is 31.9 Å². The highest BCUT2D eigenvalue weighted by Gasteiger charge is 2.11. The van der Waals surface area contributed by atoms with Gasteiger partial charge in [0.05, 0.1) is 12.7 Å². The zero-order chi connectivity index (χ0) is 12.1. The lowest BCUT2D eigenvalue weighted by Gasteiger charge is -2.09. The summed E-state index contributed by atoms with van der Waals surface area (Å²) in [5.74, 6) is 0.553. The maximum atomic E-state index is 11.8. The van der Waals surface area contributed by atoms with Crippen LogP contribution in [0.3, 0.4) is 0 Å². The van der Waals surface area contributed by atoms with Gasteiger partial charge in [-0.05, 0) is 34.1 Å². The zero-order valence-corrected chi connectivity index (χ0v) is 12.3. The number of amides is 1. The largest absolute Gasteiger partial charge is 0.497 e. The van der Waals surface area contributed by atoms with Crippen molar-refractivity contribution in [1.29, 1.82) is 0 Å². The van der Waals surface area contributed by atoms with Gasteiger partial charge < -0.3 is 10.1 Å². The van der Waals surface area contributed by atoms with E-state index in [0.717, 1.165) is 4.47 Å². The monoisotopic (exact) mass is 349 g/mol. The van der Waals surface area contributed by atoms with E-state index in [0.29, 0.717) is 17.9 Å². The van der Waals surface area contributed by atoms with Gasteiger partial charge in [0.25, 0.3) is 5.91 Å². The second kappa shape index (κ2) is 6.25. The fourth-order valence-corrected chi connectivity index (χ4v) is 1.72. The lowest BCUT2D eigenvalue weighted by atomic mass is 10.2. The highest BCUT2D eigenvalue weighted by Crippen LogP contribution is 2.22. The van der Waals surface area contributed by atoms with Gasteiger partial charge >= 0.3 is 0 Å². The van der Waals surface area contributed by atoms with Crippen molar-refractivity contribution in [2.24, 2.45) is 0 Å². The third-order valence-electron chi connectivity index (χ3n) is 1.96. The summed E-state index contributed by atoms with van der Waals surface area (Å²) in [6.45, 7) is 2.56. The van der Waals surface area contributed by atoms with Crippen LogP contribution in [0.1, 0.15) is 17.3 Å². The van der Waals surface area contributed by atoms with Gasteiger partial charge in [-0.2, -0.15) is 0 Å². The van der Waals surface area contributed by atoms with Gasteiger partial charge in [0, 0.05) is 15.8 Å². The van der Waals surface area contributed by atoms with Crippen LogP contribution in [-0.2, 0) is 0 Å². The van der Waals surface area contributed by atoms with Gasteiger partial charge in [0.15, 0.2) is 0 Å². The predicted octanol–water partition coefficient (Wildman–Crippen LogP) is 2.97. The molecular formula is C11H13Br2NO2. The minimum atomic E-state index is -0.114. The van der Waals surface area contributed by atoms with E-state index in [-0.39, 0.29) is 10.7 Å². The molecule has 1 amide bonds. The average Bonchev–Trinajstić information content (AvgIpc) is 2.26. The number of nitrogens with one attached hydrogen (secondary N) is 1. The number of hydrogen-bond donors (Lipinski definition) is 1. The van der Waals surface area contributed by atoms with Gasteiger partial charge in [-0.15, -0.1) is 0 Å². The highest BCUT2D eigenvalue weighted by molar-refractivity contribution is 9.10. The number of halogens is 2. The third kappa shape index (κ3) is 3.79. The number of alkyl halides is 1. The Morgan fingerprint density at radius 2 is 2.25 bits per heavy atom. The minimum Gasteiger partial charge on any atom is -0.497 e. The number of rotatable bonds is 4. The Hall–Kier alpha value is -0.550. The van der Waals surface area contributed by atoms with Gasteiger partial charge in [0.1, 0.15) is 5.75 Å². The van der Waals surface area contributed by atoms with Crippen molar-refractivity contribution in [2.45, 2.75) is 11.8 Å². The Kier molecular flexibility index (Phi) is 5.28. The fourth-order valence-electron chi connectivity index (χ4n) is 1.13. The van der Waals surface area contributed by atoms with Crippen molar-refractivity contribution < 1.29 is 9.53 Å². The van der Waals surface area contributed by atoms with Crippen molar-refractivity contribution >= 4 is 37.8 Å². The van der Waals surface area contributed by atoms with E-state index in [1.807, 2.05) is 6.92 Å². The second-order valence-corrected chi connectivity index (χ2v) is 5.75. The first-order chi connectivity index (χ1) is 7.54. The summed E-state index contributed by atoms with van der Waals surface area (Å²) >= 11 is 6.71. The molecule has 1 unspecified atom stereocenters. The first-order valence-corrected chi connectivity index (χ1v) is 6.51. The van der Waals surface area contributed by atoms with Crippen LogP contribution in [0, 0.1) is 0 Å². The summed E-state index contributed by atoms with van der Waals surface area (Å²) in [4.78, 5) is 12.1. The average molecular weight is 351 g/mol. The maximum Gasteiger partial charge on any atom is 0.252 e. The smallest absolute Gasteiger partial charge is 0.252 e. The number of methoxy groups -OCH3 is 1. The molecule has 1 N–H and O–H groups in total. The molecule has 1 atom stereocenters. The van der Waals surface area contributed by atoms with Crippen LogP contribution in [0.15, 0.2) is 22.7 Å². The van der Waals surface area contributed by atoms with Crippen molar-refractivity contribution in [2.75, 3.05) is 13.7 Å². The summed E-state index contributed by atoms with van der Waals surface area (Å²) in [6, 6.07) is 5.30. The van der Waals surface area contributed by atoms with Crippen molar-refractivity contribution in [3.8, 4) is 5.75 Å². The SMILES string of the molecule is COc1ccc(Br)c(C(=O)NCC(C)Br)c1. The molecule has 0 heterocycles. The zero-order valence-electron chi connectivity index (χ0n) is 9.09. The molecule has 5 heteroatoms. The van der Waals surface area contributed by atoms with Gasteiger partial charge in [-0.1, -0.05) is 22.9 Å².